The lowest BCUT2D eigenvalue weighted by molar-refractivity contribution is -0.192. The van der Waals surface area contributed by atoms with E-state index in [0.717, 1.165) is 4.90 Å². The zero-order valence-corrected chi connectivity index (χ0v) is 22.5. The molecule has 4 amide bonds. The molecule has 2 unspecified atom stereocenters. The Morgan fingerprint density at radius 1 is 1.38 bits per heavy atom. The van der Waals surface area contributed by atoms with Crippen molar-refractivity contribution < 1.29 is 29.0 Å². The SMILES string of the molecule is CO[C@]1(NC(=O)C(NC(=O)NC(C)C)c2cccs2)C(=O)N2C(C(=O)O)=C(CSc3cn[nH]n3)CSC21. The fraction of sp³-hybridized carbons (Fsp3) is 0.429. The van der Waals surface area contributed by atoms with Gasteiger partial charge in [0.15, 0.2) is 0 Å². The highest BCUT2D eigenvalue weighted by Crippen LogP contribution is 2.47. The molecule has 0 aromatic carbocycles. The molecule has 37 heavy (non-hydrogen) atoms. The van der Waals surface area contributed by atoms with Crippen molar-refractivity contribution in [3.63, 3.8) is 0 Å². The van der Waals surface area contributed by atoms with Crippen molar-refractivity contribution in [2.45, 2.75) is 42.1 Å². The van der Waals surface area contributed by atoms with E-state index in [4.69, 9.17) is 4.74 Å². The van der Waals surface area contributed by atoms with E-state index in [-0.39, 0.29) is 11.7 Å². The van der Waals surface area contributed by atoms with Gasteiger partial charge in [-0.25, -0.2) is 9.59 Å². The lowest BCUT2D eigenvalue weighted by atomic mass is 9.97. The lowest BCUT2D eigenvalue weighted by Crippen LogP contribution is -2.81. The molecule has 0 saturated carbocycles. The number of amides is 4. The number of methoxy groups -OCH3 is 1. The maximum absolute atomic E-state index is 13.4. The van der Waals surface area contributed by atoms with Gasteiger partial charge in [-0.3, -0.25) is 14.5 Å². The summed E-state index contributed by atoms with van der Waals surface area (Å²) in [5.41, 5.74) is -1.40. The number of β-lactam (4-membered cyclic amide) rings is 1. The molecule has 1 fully saturated rings. The molecule has 13 nitrogen and oxygen atoms in total. The molecule has 198 valence electrons. The summed E-state index contributed by atoms with van der Waals surface area (Å²) in [5.74, 6) is -2.04. The number of aromatic amines is 1. The standard InChI is InChI=1S/C21H25N7O6S3/c1-10(2)23-20(33)24-14(12-5-4-6-35-12)16(29)25-21(34-3)18(32)28-15(17(30)31)11(9-37-19(21)28)8-36-13-7-22-27-26-13/h4-7,10,14,19H,8-9H2,1-3H3,(H,25,29)(H,30,31)(H,22,26,27)(H2,23,24,33)/t14?,19?,21-/m1/s1. The molecular formula is C21H25N7O6S3. The normalized spacial score (nSPS) is 21.8. The third kappa shape index (κ3) is 5.32. The van der Waals surface area contributed by atoms with Crippen molar-refractivity contribution in [3.05, 3.63) is 39.9 Å². The van der Waals surface area contributed by atoms with E-state index in [2.05, 4.69) is 31.4 Å². The number of ether oxygens (including phenoxy) is 1. The van der Waals surface area contributed by atoms with E-state index in [1.807, 2.05) is 0 Å². The first-order chi connectivity index (χ1) is 17.7. The van der Waals surface area contributed by atoms with Crippen molar-refractivity contribution in [2.24, 2.45) is 0 Å². The number of nitrogens with zero attached hydrogens (tertiary/aromatic N) is 3. The van der Waals surface area contributed by atoms with Crippen LogP contribution in [-0.2, 0) is 19.1 Å². The summed E-state index contributed by atoms with van der Waals surface area (Å²) in [6.45, 7) is 3.57. The van der Waals surface area contributed by atoms with Gasteiger partial charge in [-0.1, -0.05) is 17.8 Å². The Kier molecular flexibility index (Phi) is 8.11. The number of carbonyl (C=O) groups is 4. The molecule has 0 spiro atoms. The van der Waals surface area contributed by atoms with Gasteiger partial charge in [0.1, 0.15) is 22.1 Å². The number of aliphatic carboxylic acids is 1. The monoisotopic (exact) mass is 567 g/mol. The zero-order chi connectivity index (χ0) is 26.7. The largest absolute Gasteiger partial charge is 0.477 e. The molecule has 4 heterocycles. The van der Waals surface area contributed by atoms with Crippen LogP contribution in [0.25, 0.3) is 0 Å². The van der Waals surface area contributed by atoms with Crippen molar-refractivity contribution >= 4 is 58.7 Å². The average Bonchev–Trinajstić information content (AvgIpc) is 3.57. The predicted octanol–water partition coefficient (Wildman–Crippen LogP) is 1.12. The van der Waals surface area contributed by atoms with Gasteiger partial charge < -0.3 is 25.8 Å². The minimum atomic E-state index is -1.79. The Bertz CT molecular complexity index is 1200. The van der Waals surface area contributed by atoms with Gasteiger partial charge in [0, 0.05) is 29.5 Å². The Morgan fingerprint density at radius 2 is 2.16 bits per heavy atom. The summed E-state index contributed by atoms with van der Waals surface area (Å²) >= 11 is 3.83. The summed E-state index contributed by atoms with van der Waals surface area (Å²) in [7, 11) is 1.27. The number of fused-ring (bicyclic) bond motifs is 1. The van der Waals surface area contributed by atoms with Gasteiger partial charge in [-0.15, -0.1) is 28.2 Å². The first-order valence-corrected chi connectivity index (χ1v) is 14.0. The number of hydrogen-bond acceptors (Lipinski definition) is 10. The van der Waals surface area contributed by atoms with Crippen LogP contribution in [0.3, 0.4) is 0 Å². The number of thiophene rings is 1. The molecule has 2 aliphatic heterocycles. The second kappa shape index (κ2) is 11.1. The first kappa shape index (κ1) is 27.0. The number of carboxylic acid groups (broad SMARTS) is 1. The maximum atomic E-state index is 13.4. The summed E-state index contributed by atoms with van der Waals surface area (Å²) in [6.07, 6.45) is 1.52. The molecule has 0 radical (unpaired) electrons. The van der Waals surface area contributed by atoms with E-state index >= 15 is 0 Å². The molecule has 3 atom stereocenters. The minimum Gasteiger partial charge on any atom is -0.477 e. The third-order valence-electron chi connectivity index (χ3n) is 5.52. The van der Waals surface area contributed by atoms with Crippen LogP contribution in [0, 0.1) is 0 Å². The zero-order valence-electron chi connectivity index (χ0n) is 20.0. The molecule has 2 aromatic rings. The average molecular weight is 568 g/mol. The number of aromatic nitrogens is 3. The van der Waals surface area contributed by atoms with Crippen LogP contribution in [0.4, 0.5) is 4.79 Å². The van der Waals surface area contributed by atoms with Gasteiger partial charge in [0.05, 0.1) is 6.20 Å². The van der Waals surface area contributed by atoms with Crippen molar-refractivity contribution in [2.75, 3.05) is 18.6 Å². The Morgan fingerprint density at radius 3 is 2.76 bits per heavy atom. The fourth-order valence-electron chi connectivity index (χ4n) is 3.89. The number of carbonyl (C=O) groups excluding carboxylic acids is 3. The molecule has 4 rings (SSSR count). The Hall–Kier alpha value is -3.08. The van der Waals surface area contributed by atoms with Crippen LogP contribution in [0.2, 0.25) is 0 Å². The number of H-pyrrole nitrogens is 1. The number of hydrogen-bond donors (Lipinski definition) is 5. The van der Waals surface area contributed by atoms with E-state index in [9.17, 15) is 24.3 Å². The number of rotatable bonds is 10. The molecular weight excluding hydrogens is 542 g/mol. The van der Waals surface area contributed by atoms with Gasteiger partial charge in [-0.2, -0.15) is 10.3 Å². The topological polar surface area (TPSA) is 179 Å². The molecule has 0 aliphatic carbocycles. The summed E-state index contributed by atoms with van der Waals surface area (Å²) in [6, 6.07) is 1.64. The van der Waals surface area contributed by atoms with Gasteiger partial charge in [0.2, 0.25) is 0 Å². The molecule has 2 aliphatic rings. The summed E-state index contributed by atoms with van der Waals surface area (Å²) in [5, 5.41) is 29.6. The second-order valence-electron chi connectivity index (χ2n) is 8.34. The van der Waals surface area contributed by atoms with Crippen molar-refractivity contribution in [1.82, 2.24) is 36.3 Å². The number of carboxylic acids is 1. The first-order valence-electron chi connectivity index (χ1n) is 11.0. The van der Waals surface area contributed by atoms with Crippen molar-refractivity contribution in [3.8, 4) is 0 Å². The highest BCUT2D eigenvalue weighted by atomic mass is 32.2. The number of urea groups is 1. The van der Waals surface area contributed by atoms with E-state index in [1.165, 1.54) is 48.2 Å². The van der Waals surface area contributed by atoms with Gasteiger partial charge in [-0.05, 0) is 30.9 Å². The maximum Gasteiger partial charge on any atom is 0.352 e. The molecule has 5 N–H and O–H groups in total. The molecule has 16 heteroatoms. The summed E-state index contributed by atoms with van der Waals surface area (Å²) in [4.78, 5) is 53.1. The third-order valence-corrected chi connectivity index (χ3v) is 8.81. The quantitative estimate of drug-likeness (QED) is 0.159. The fourth-order valence-corrected chi connectivity index (χ4v) is 7.02. The van der Waals surface area contributed by atoms with Crippen molar-refractivity contribution in [1.29, 1.82) is 0 Å². The molecule has 2 aromatic heterocycles. The predicted molar refractivity (Wildman–Crippen MR) is 137 cm³/mol. The molecule has 0 bridgehead atoms. The number of nitrogens with one attached hydrogen (secondary N) is 4. The lowest BCUT2D eigenvalue weighted by Gasteiger charge is -2.56. The second-order valence-corrected chi connectivity index (χ2v) is 11.4. The number of thioether (sulfide) groups is 2. The highest BCUT2D eigenvalue weighted by molar-refractivity contribution is 8.01. The van der Waals surface area contributed by atoms with Crippen LogP contribution in [0.1, 0.15) is 24.8 Å². The van der Waals surface area contributed by atoms with Crippen LogP contribution in [0.15, 0.2) is 40.0 Å². The minimum absolute atomic E-state index is 0.143. The van der Waals surface area contributed by atoms with Crippen LogP contribution in [-0.4, -0.2) is 85.0 Å². The highest BCUT2D eigenvalue weighted by Gasteiger charge is 2.67. The van der Waals surface area contributed by atoms with Crippen LogP contribution >= 0.6 is 34.9 Å². The Labute approximate surface area is 224 Å². The van der Waals surface area contributed by atoms with Gasteiger partial charge in [0.25, 0.3) is 17.5 Å². The summed E-state index contributed by atoms with van der Waals surface area (Å²) < 4.78 is 5.53. The smallest absolute Gasteiger partial charge is 0.352 e. The van der Waals surface area contributed by atoms with Crippen LogP contribution in [0.5, 0.6) is 0 Å². The molecule has 1 saturated heterocycles. The Balaban J connectivity index is 1.55. The van der Waals surface area contributed by atoms with E-state index in [1.54, 1.807) is 31.4 Å². The van der Waals surface area contributed by atoms with Gasteiger partial charge >= 0.3 is 12.0 Å². The van der Waals surface area contributed by atoms with E-state index in [0.29, 0.717) is 27.0 Å². The van der Waals surface area contributed by atoms with E-state index < -0.39 is 41.0 Å². The van der Waals surface area contributed by atoms with Crippen LogP contribution < -0.4 is 16.0 Å².